The largest absolute Gasteiger partial charge is 0.479 e. The third-order valence-corrected chi connectivity index (χ3v) is 12.7. The highest BCUT2D eigenvalue weighted by atomic mass is 16.7. The first-order valence-electron chi connectivity index (χ1n) is 30.2. The van der Waals surface area contributed by atoms with Crippen LogP contribution in [0.25, 0.3) is 0 Å². The Balaban J connectivity index is 2.74. The molecule has 444 valence electrons. The number of aliphatic hydroxyl groups is 2. The standard InChI is InChI=1S/C67H104O12/c1-4-7-10-13-16-19-22-25-27-29-30-32-34-37-40-43-46-49-52-55-61(70)78-65-63(72)62(71)64(66(73)74)79-67(65)76-57-58(77-60(69)54-51-48-45-42-39-35-24-21-18-15-12-9-6-3)56-75-59(68)53-50-47-44-41-38-36-33-31-28-26-23-20-17-14-11-8-5-2/h7-8,10-12,15-17,19-21,24-28,30,32,37,40,46,49,58,62-65,67,71-72H,4-6,9,13-14,18,22-23,29,31,33-36,38-39,41-45,47-48,50-57H2,1-3H3,(H,73,74)/b10-7-,11-8-,15-12-,19-16-,20-17-,24-21-,27-25-,28-26-,32-30-,40-37-,49-46-. The van der Waals surface area contributed by atoms with Crippen LogP contribution in [0, 0.1) is 0 Å². The second kappa shape index (κ2) is 53.5. The third-order valence-electron chi connectivity index (χ3n) is 12.7. The molecule has 0 saturated carbocycles. The fourth-order valence-electron chi connectivity index (χ4n) is 8.15. The van der Waals surface area contributed by atoms with E-state index in [-0.39, 0.29) is 25.9 Å². The highest BCUT2D eigenvalue weighted by Crippen LogP contribution is 2.26. The molecule has 6 unspecified atom stereocenters. The summed E-state index contributed by atoms with van der Waals surface area (Å²) < 4.78 is 28.3. The van der Waals surface area contributed by atoms with Crippen molar-refractivity contribution >= 4 is 23.9 Å². The highest BCUT2D eigenvalue weighted by Gasteiger charge is 2.50. The molecule has 0 amide bonds. The maximum Gasteiger partial charge on any atom is 0.335 e. The first kappa shape index (κ1) is 71.9. The first-order chi connectivity index (χ1) is 38.6. The van der Waals surface area contributed by atoms with E-state index in [1.54, 1.807) is 0 Å². The Morgan fingerprint density at radius 1 is 0.430 bits per heavy atom. The quantitative estimate of drug-likeness (QED) is 0.0228. The summed E-state index contributed by atoms with van der Waals surface area (Å²) in [5.74, 6) is -3.28. The number of carbonyl (C=O) groups excluding carboxylic acids is 3. The van der Waals surface area contributed by atoms with Crippen molar-refractivity contribution in [2.75, 3.05) is 13.2 Å². The number of esters is 3. The summed E-state index contributed by atoms with van der Waals surface area (Å²) >= 11 is 0. The monoisotopic (exact) mass is 1100 g/mol. The van der Waals surface area contributed by atoms with Gasteiger partial charge in [0, 0.05) is 19.3 Å². The molecular weight excluding hydrogens is 997 g/mol. The molecule has 79 heavy (non-hydrogen) atoms. The summed E-state index contributed by atoms with van der Waals surface area (Å²) in [6.07, 6.45) is 62.8. The lowest BCUT2D eigenvalue weighted by atomic mass is 9.98. The zero-order chi connectivity index (χ0) is 57.5. The van der Waals surface area contributed by atoms with Crippen molar-refractivity contribution in [1.29, 1.82) is 0 Å². The molecule has 6 atom stereocenters. The summed E-state index contributed by atoms with van der Waals surface area (Å²) in [6.45, 7) is 5.64. The predicted molar refractivity (Wildman–Crippen MR) is 321 cm³/mol. The Kier molecular flexibility index (Phi) is 48.7. The number of hydrogen-bond donors (Lipinski definition) is 3. The summed E-state index contributed by atoms with van der Waals surface area (Å²) in [4.78, 5) is 51.2. The van der Waals surface area contributed by atoms with E-state index in [0.29, 0.717) is 25.7 Å². The van der Waals surface area contributed by atoms with Gasteiger partial charge in [0.15, 0.2) is 24.6 Å². The van der Waals surface area contributed by atoms with Gasteiger partial charge >= 0.3 is 23.9 Å². The summed E-state index contributed by atoms with van der Waals surface area (Å²) in [5, 5.41) is 31.5. The van der Waals surface area contributed by atoms with Gasteiger partial charge in [0.05, 0.1) is 6.61 Å². The van der Waals surface area contributed by atoms with Gasteiger partial charge in [-0.1, -0.05) is 212 Å². The van der Waals surface area contributed by atoms with E-state index in [1.165, 1.54) is 6.42 Å². The normalized spacial score (nSPS) is 18.8. The molecule has 1 saturated heterocycles. The van der Waals surface area contributed by atoms with Gasteiger partial charge in [0.2, 0.25) is 0 Å². The molecule has 12 nitrogen and oxygen atoms in total. The molecule has 0 aromatic carbocycles. The van der Waals surface area contributed by atoms with Gasteiger partial charge in [-0.2, -0.15) is 0 Å². The van der Waals surface area contributed by atoms with Crippen LogP contribution in [0.2, 0.25) is 0 Å². The third kappa shape index (κ3) is 43.4. The highest BCUT2D eigenvalue weighted by molar-refractivity contribution is 5.74. The van der Waals surface area contributed by atoms with Crippen molar-refractivity contribution in [3.05, 3.63) is 134 Å². The minimum atomic E-state index is -1.94. The van der Waals surface area contributed by atoms with Gasteiger partial charge in [0.1, 0.15) is 18.8 Å². The number of aliphatic carboxylic acids is 1. The van der Waals surface area contributed by atoms with Gasteiger partial charge in [-0.15, -0.1) is 0 Å². The Morgan fingerprint density at radius 2 is 0.823 bits per heavy atom. The number of rotatable bonds is 49. The SMILES string of the molecule is CC/C=C\C/C=C\C/C=C\C/C=C\C/C=C\C/C=C\CCC(=O)OC1C(OCC(COC(=O)CCCCCCCCC/C=C\C/C=C\C/C=C\CC)OC(=O)CCCCCCC/C=C\C/C=C\CCC)OC(C(=O)O)C(O)C1O. The van der Waals surface area contributed by atoms with E-state index in [4.69, 9.17) is 23.7 Å². The van der Waals surface area contributed by atoms with Crippen LogP contribution in [0.1, 0.15) is 213 Å². The fraction of sp³-hybridized carbons (Fsp3) is 0.612. The first-order valence-corrected chi connectivity index (χ1v) is 30.2. The lowest BCUT2D eigenvalue weighted by Crippen LogP contribution is -2.61. The molecular formula is C67H104O12. The van der Waals surface area contributed by atoms with Gasteiger partial charge in [0.25, 0.3) is 0 Å². The molecule has 1 rings (SSSR count). The molecule has 1 aliphatic rings. The summed E-state index contributed by atoms with van der Waals surface area (Å²) in [6, 6.07) is 0. The van der Waals surface area contributed by atoms with E-state index in [1.807, 2.05) is 18.2 Å². The van der Waals surface area contributed by atoms with E-state index < -0.39 is 67.3 Å². The number of unbranched alkanes of at least 4 members (excludes halogenated alkanes) is 13. The number of allylic oxidation sites excluding steroid dienone is 22. The van der Waals surface area contributed by atoms with E-state index in [2.05, 4.69) is 136 Å². The molecule has 12 heteroatoms. The lowest BCUT2D eigenvalue weighted by molar-refractivity contribution is -0.301. The number of ether oxygens (including phenoxy) is 5. The molecule has 0 spiro atoms. The minimum absolute atomic E-state index is 0.0744. The molecule has 0 radical (unpaired) electrons. The van der Waals surface area contributed by atoms with Crippen molar-refractivity contribution in [2.24, 2.45) is 0 Å². The molecule has 0 aromatic heterocycles. The van der Waals surface area contributed by atoms with Crippen LogP contribution < -0.4 is 0 Å². The van der Waals surface area contributed by atoms with Crippen molar-refractivity contribution in [3.8, 4) is 0 Å². The number of carboxylic acids is 1. The molecule has 0 aromatic rings. The zero-order valence-corrected chi connectivity index (χ0v) is 48.8. The van der Waals surface area contributed by atoms with Crippen LogP contribution in [0.5, 0.6) is 0 Å². The second-order valence-corrected chi connectivity index (χ2v) is 19.9. The van der Waals surface area contributed by atoms with Gasteiger partial charge < -0.3 is 39.0 Å². The molecule has 0 bridgehead atoms. The topological polar surface area (TPSA) is 175 Å². The zero-order valence-electron chi connectivity index (χ0n) is 48.8. The second-order valence-electron chi connectivity index (χ2n) is 19.9. The van der Waals surface area contributed by atoms with Crippen LogP contribution in [-0.2, 0) is 42.9 Å². The maximum atomic E-state index is 13.1. The number of carbonyl (C=O) groups is 4. The van der Waals surface area contributed by atoms with Crippen LogP contribution >= 0.6 is 0 Å². The Hall–Kier alpha value is -5.14. The van der Waals surface area contributed by atoms with Gasteiger partial charge in [-0.25, -0.2) is 4.79 Å². The van der Waals surface area contributed by atoms with E-state index in [9.17, 15) is 34.5 Å². The van der Waals surface area contributed by atoms with Crippen LogP contribution in [0.4, 0.5) is 0 Å². The minimum Gasteiger partial charge on any atom is -0.479 e. The van der Waals surface area contributed by atoms with Crippen molar-refractivity contribution in [2.45, 2.75) is 250 Å². The number of hydrogen-bond acceptors (Lipinski definition) is 11. The average Bonchev–Trinajstić information content (AvgIpc) is 3.46. The molecule has 0 aliphatic carbocycles. The van der Waals surface area contributed by atoms with Crippen LogP contribution in [0.15, 0.2) is 134 Å². The average molecular weight is 1100 g/mol. The number of aliphatic hydroxyl groups excluding tert-OH is 2. The van der Waals surface area contributed by atoms with Crippen LogP contribution in [-0.4, -0.2) is 89.2 Å². The van der Waals surface area contributed by atoms with Crippen molar-refractivity contribution in [3.63, 3.8) is 0 Å². The summed E-state index contributed by atoms with van der Waals surface area (Å²) in [5.41, 5.74) is 0. The smallest absolute Gasteiger partial charge is 0.335 e. The maximum absolute atomic E-state index is 13.1. The lowest BCUT2D eigenvalue weighted by Gasteiger charge is -2.40. The fourth-order valence-corrected chi connectivity index (χ4v) is 8.15. The Labute approximate surface area is 477 Å². The van der Waals surface area contributed by atoms with E-state index in [0.717, 1.165) is 141 Å². The molecule has 1 aliphatic heterocycles. The number of carboxylic acid groups (broad SMARTS) is 1. The summed E-state index contributed by atoms with van der Waals surface area (Å²) in [7, 11) is 0. The Morgan fingerprint density at radius 3 is 1.27 bits per heavy atom. The van der Waals surface area contributed by atoms with Gasteiger partial charge in [-0.3, -0.25) is 14.4 Å². The molecule has 3 N–H and O–H groups in total. The molecule has 1 fully saturated rings. The van der Waals surface area contributed by atoms with Crippen LogP contribution in [0.3, 0.4) is 0 Å². The van der Waals surface area contributed by atoms with Crippen molar-refractivity contribution in [1.82, 2.24) is 0 Å². The van der Waals surface area contributed by atoms with Gasteiger partial charge in [-0.05, 0) is 116 Å². The van der Waals surface area contributed by atoms with Crippen molar-refractivity contribution < 1.29 is 58.2 Å². The van der Waals surface area contributed by atoms with E-state index >= 15 is 0 Å². The Bertz CT molecular complexity index is 1880. The molecule has 1 heterocycles. The predicted octanol–water partition coefficient (Wildman–Crippen LogP) is 15.8.